The number of thiazole rings is 1. The van der Waals surface area contributed by atoms with E-state index in [9.17, 15) is 14.7 Å². The van der Waals surface area contributed by atoms with Gasteiger partial charge in [-0.1, -0.05) is 24.3 Å². The van der Waals surface area contributed by atoms with Gasteiger partial charge in [-0.2, -0.15) is 0 Å². The summed E-state index contributed by atoms with van der Waals surface area (Å²) >= 11 is 1.25. The summed E-state index contributed by atoms with van der Waals surface area (Å²) in [6.45, 7) is 1.81. The molecule has 4 aromatic rings. The molecule has 3 aromatic carbocycles. The third kappa shape index (κ3) is 4.17. The summed E-state index contributed by atoms with van der Waals surface area (Å²) < 4.78 is 16.1. The van der Waals surface area contributed by atoms with Crippen LogP contribution in [0.2, 0.25) is 0 Å². The standard InChI is InChI=1S/C28H24N2O6S/c1-15-14-37-28(29-15)30-24(18-8-10-21(35-3)22(13-18)36-4)23(26(32)27(30)33)25(31)19-6-5-17-12-20(34-2)9-7-16(17)11-19/h5-14,24,31H,1-4H3/b25-23+. The second-order valence-electron chi connectivity index (χ2n) is 8.48. The molecule has 0 saturated carbocycles. The lowest BCUT2D eigenvalue weighted by Gasteiger charge is -2.23. The van der Waals surface area contributed by atoms with Crippen LogP contribution in [0.4, 0.5) is 5.13 Å². The van der Waals surface area contributed by atoms with Crippen molar-refractivity contribution in [3.8, 4) is 17.2 Å². The van der Waals surface area contributed by atoms with Gasteiger partial charge in [-0.3, -0.25) is 14.5 Å². The van der Waals surface area contributed by atoms with Crippen molar-refractivity contribution < 1.29 is 28.9 Å². The minimum Gasteiger partial charge on any atom is -0.507 e. The molecule has 8 nitrogen and oxygen atoms in total. The van der Waals surface area contributed by atoms with Gasteiger partial charge >= 0.3 is 5.91 Å². The lowest BCUT2D eigenvalue weighted by Crippen LogP contribution is -2.29. The number of hydrogen-bond donors (Lipinski definition) is 1. The third-order valence-electron chi connectivity index (χ3n) is 6.30. The van der Waals surface area contributed by atoms with E-state index in [0.29, 0.717) is 33.5 Å². The van der Waals surface area contributed by atoms with E-state index in [1.807, 2.05) is 31.2 Å². The first-order chi connectivity index (χ1) is 17.9. The van der Waals surface area contributed by atoms with Gasteiger partial charge in [0.15, 0.2) is 16.6 Å². The first-order valence-electron chi connectivity index (χ1n) is 11.4. The van der Waals surface area contributed by atoms with Crippen LogP contribution in [0.5, 0.6) is 17.2 Å². The van der Waals surface area contributed by atoms with Crippen molar-refractivity contribution in [2.45, 2.75) is 13.0 Å². The van der Waals surface area contributed by atoms with Gasteiger partial charge in [-0.15, -0.1) is 11.3 Å². The predicted octanol–water partition coefficient (Wildman–Crippen LogP) is 5.26. The minimum absolute atomic E-state index is 0.0297. The lowest BCUT2D eigenvalue weighted by atomic mass is 9.94. The molecule has 1 aliphatic rings. The summed E-state index contributed by atoms with van der Waals surface area (Å²) in [6, 6.07) is 15.1. The van der Waals surface area contributed by atoms with Crippen LogP contribution < -0.4 is 19.1 Å². The number of aliphatic hydroxyl groups is 1. The van der Waals surface area contributed by atoms with Crippen LogP contribution >= 0.6 is 11.3 Å². The third-order valence-corrected chi connectivity index (χ3v) is 7.26. The number of methoxy groups -OCH3 is 3. The SMILES string of the molecule is COc1ccc2cc(/C(O)=C3\C(=O)C(=O)N(c4nc(C)cs4)C3c3ccc(OC)c(OC)c3)ccc2c1. The second-order valence-corrected chi connectivity index (χ2v) is 9.32. The molecule has 9 heteroatoms. The molecule has 1 unspecified atom stereocenters. The van der Waals surface area contributed by atoms with Crippen molar-refractivity contribution in [3.63, 3.8) is 0 Å². The number of aromatic nitrogens is 1. The number of Topliss-reactive ketones (excluding diaryl/α,β-unsaturated/α-hetero) is 1. The fourth-order valence-electron chi connectivity index (χ4n) is 4.47. The zero-order chi connectivity index (χ0) is 26.3. The predicted molar refractivity (Wildman–Crippen MR) is 142 cm³/mol. The van der Waals surface area contributed by atoms with Crippen LogP contribution in [0.25, 0.3) is 16.5 Å². The highest BCUT2D eigenvalue weighted by Crippen LogP contribution is 2.45. The maximum Gasteiger partial charge on any atom is 0.301 e. The molecule has 0 spiro atoms. The molecule has 1 amide bonds. The highest BCUT2D eigenvalue weighted by molar-refractivity contribution is 7.14. The van der Waals surface area contributed by atoms with Crippen molar-refractivity contribution in [2.75, 3.05) is 26.2 Å². The number of rotatable bonds is 6. The fourth-order valence-corrected chi connectivity index (χ4v) is 5.30. The highest BCUT2D eigenvalue weighted by Gasteiger charge is 2.48. The number of anilines is 1. The maximum absolute atomic E-state index is 13.4. The maximum atomic E-state index is 13.4. The zero-order valence-corrected chi connectivity index (χ0v) is 21.5. The number of aryl methyl sites for hydroxylation is 1. The Kier molecular flexibility index (Phi) is 6.31. The summed E-state index contributed by atoms with van der Waals surface area (Å²) in [5.74, 6) is -0.186. The molecule has 0 radical (unpaired) electrons. The Labute approximate surface area is 217 Å². The molecule has 188 valence electrons. The van der Waals surface area contributed by atoms with E-state index in [2.05, 4.69) is 4.98 Å². The molecule has 0 aliphatic carbocycles. The Balaban J connectivity index is 1.71. The van der Waals surface area contributed by atoms with Gasteiger partial charge < -0.3 is 19.3 Å². The molecule has 1 N–H and O–H groups in total. The van der Waals surface area contributed by atoms with Gasteiger partial charge in [0.25, 0.3) is 5.78 Å². The Morgan fingerprint density at radius 3 is 2.32 bits per heavy atom. The summed E-state index contributed by atoms with van der Waals surface area (Å²) in [7, 11) is 4.63. The second kappa shape index (κ2) is 9.59. The molecule has 1 aromatic heterocycles. The van der Waals surface area contributed by atoms with Gasteiger partial charge in [0.1, 0.15) is 11.5 Å². The number of carbonyl (C=O) groups excluding carboxylic acids is 2. The van der Waals surface area contributed by atoms with Crippen LogP contribution in [0.1, 0.15) is 22.9 Å². The fraction of sp³-hybridized carbons (Fsp3) is 0.179. The molecular formula is C28H24N2O6S. The summed E-state index contributed by atoms with van der Waals surface area (Å²) in [6.07, 6.45) is 0. The van der Waals surface area contributed by atoms with Gasteiger partial charge in [-0.25, -0.2) is 4.98 Å². The van der Waals surface area contributed by atoms with Crippen molar-refractivity contribution in [3.05, 3.63) is 82.4 Å². The molecule has 2 heterocycles. The Morgan fingerprint density at radius 1 is 0.919 bits per heavy atom. The van der Waals surface area contributed by atoms with E-state index < -0.39 is 17.7 Å². The number of benzene rings is 3. The van der Waals surface area contributed by atoms with E-state index >= 15 is 0 Å². The van der Waals surface area contributed by atoms with Crippen LogP contribution in [-0.2, 0) is 9.59 Å². The van der Waals surface area contributed by atoms with Crippen molar-refractivity contribution >= 4 is 44.7 Å². The minimum atomic E-state index is -0.920. The van der Waals surface area contributed by atoms with Crippen LogP contribution in [0, 0.1) is 6.92 Å². The Morgan fingerprint density at radius 2 is 1.65 bits per heavy atom. The van der Waals surface area contributed by atoms with E-state index in [-0.39, 0.29) is 11.3 Å². The Hall–Kier alpha value is -4.37. The lowest BCUT2D eigenvalue weighted by molar-refractivity contribution is -0.132. The molecule has 1 aliphatic heterocycles. The molecule has 1 fully saturated rings. The number of fused-ring (bicyclic) bond motifs is 1. The average molecular weight is 517 g/mol. The first-order valence-corrected chi connectivity index (χ1v) is 12.3. The van der Waals surface area contributed by atoms with Gasteiger partial charge in [0.2, 0.25) is 0 Å². The number of amides is 1. The van der Waals surface area contributed by atoms with Gasteiger partial charge in [-0.05, 0) is 53.6 Å². The first kappa shape index (κ1) is 24.3. The topological polar surface area (TPSA) is 98.2 Å². The van der Waals surface area contributed by atoms with Crippen molar-refractivity contribution in [1.29, 1.82) is 0 Å². The smallest absolute Gasteiger partial charge is 0.301 e. The zero-order valence-electron chi connectivity index (χ0n) is 20.6. The Bertz CT molecular complexity index is 1570. The molecule has 1 saturated heterocycles. The van der Waals surface area contributed by atoms with Gasteiger partial charge in [0, 0.05) is 10.9 Å². The van der Waals surface area contributed by atoms with Crippen LogP contribution in [0.3, 0.4) is 0 Å². The average Bonchev–Trinajstić information content (AvgIpc) is 3.46. The molecule has 0 bridgehead atoms. The molecule has 5 rings (SSSR count). The number of aliphatic hydroxyl groups excluding tert-OH is 1. The molecular weight excluding hydrogens is 492 g/mol. The molecule has 37 heavy (non-hydrogen) atoms. The summed E-state index contributed by atoms with van der Waals surface area (Å²) in [4.78, 5) is 32.5. The molecule has 1 atom stereocenters. The van der Waals surface area contributed by atoms with Crippen molar-refractivity contribution in [2.24, 2.45) is 0 Å². The summed E-state index contributed by atoms with van der Waals surface area (Å²) in [5.41, 5.74) is 1.67. The summed E-state index contributed by atoms with van der Waals surface area (Å²) in [5, 5.41) is 15.4. The van der Waals surface area contributed by atoms with E-state index in [1.54, 1.807) is 42.8 Å². The van der Waals surface area contributed by atoms with Crippen LogP contribution in [0.15, 0.2) is 65.6 Å². The number of ketones is 1. The van der Waals surface area contributed by atoms with E-state index in [4.69, 9.17) is 14.2 Å². The van der Waals surface area contributed by atoms with Gasteiger partial charge in [0.05, 0.1) is 38.6 Å². The monoisotopic (exact) mass is 516 g/mol. The van der Waals surface area contributed by atoms with E-state index in [0.717, 1.165) is 16.5 Å². The van der Waals surface area contributed by atoms with Crippen molar-refractivity contribution in [1.82, 2.24) is 4.98 Å². The number of ether oxygens (including phenoxy) is 3. The largest absolute Gasteiger partial charge is 0.507 e. The number of nitrogens with zero attached hydrogens (tertiary/aromatic N) is 2. The number of carbonyl (C=O) groups is 2. The number of hydrogen-bond acceptors (Lipinski definition) is 8. The highest BCUT2D eigenvalue weighted by atomic mass is 32.1. The quantitative estimate of drug-likeness (QED) is 0.212. The van der Waals surface area contributed by atoms with Crippen LogP contribution in [-0.4, -0.2) is 43.1 Å². The van der Waals surface area contributed by atoms with E-state index in [1.165, 1.54) is 30.5 Å². The normalized spacial score (nSPS) is 16.9.